The van der Waals surface area contributed by atoms with E-state index in [1.54, 1.807) is 29.9 Å². The summed E-state index contributed by atoms with van der Waals surface area (Å²) >= 11 is 1.66. The first-order valence-corrected chi connectivity index (χ1v) is 12.2. The van der Waals surface area contributed by atoms with E-state index in [0.29, 0.717) is 23.6 Å². The van der Waals surface area contributed by atoms with E-state index in [4.69, 9.17) is 4.98 Å². The summed E-state index contributed by atoms with van der Waals surface area (Å²) in [5.41, 5.74) is 7.84. The van der Waals surface area contributed by atoms with Crippen molar-refractivity contribution in [1.82, 2.24) is 30.1 Å². The van der Waals surface area contributed by atoms with Crippen LogP contribution in [0.4, 0.5) is 5.69 Å². The number of hydrogen-bond acceptors (Lipinski definition) is 6. The van der Waals surface area contributed by atoms with E-state index in [1.165, 1.54) is 0 Å². The number of para-hydroxylation sites is 1. The molecule has 8 nitrogen and oxygen atoms in total. The van der Waals surface area contributed by atoms with Gasteiger partial charge in [0.1, 0.15) is 5.69 Å². The van der Waals surface area contributed by atoms with Crippen molar-refractivity contribution in [1.29, 1.82) is 0 Å². The van der Waals surface area contributed by atoms with Crippen LogP contribution in [0.15, 0.2) is 65.7 Å². The zero-order valence-corrected chi connectivity index (χ0v) is 19.7. The minimum absolute atomic E-state index is 0.0242. The molecular formula is C26H21N7OS. The molecule has 5 heterocycles. The number of amides is 1. The number of aromatic amines is 2. The fourth-order valence-corrected chi connectivity index (χ4v) is 4.81. The second kappa shape index (κ2) is 8.77. The minimum atomic E-state index is -0.0242. The number of anilines is 1. The zero-order chi connectivity index (χ0) is 23.8. The van der Waals surface area contributed by atoms with E-state index in [9.17, 15) is 4.79 Å². The number of fused-ring (bicyclic) bond motifs is 2. The summed E-state index contributed by atoms with van der Waals surface area (Å²) in [6, 6.07) is 12.1. The van der Waals surface area contributed by atoms with Crippen LogP contribution in [0, 0.1) is 0 Å². The Bertz CT molecular complexity index is 1670. The van der Waals surface area contributed by atoms with Gasteiger partial charge in [-0.25, -0.2) is 9.97 Å². The lowest BCUT2D eigenvalue weighted by atomic mass is 10.1. The number of pyridine rings is 2. The molecule has 0 unspecified atom stereocenters. The van der Waals surface area contributed by atoms with E-state index in [2.05, 4.69) is 53.4 Å². The van der Waals surface area contributed by atoms with E-state index >= 15 is 0 Å². The molecule has 9 heteroatoms. The molecule has 1 amide bonds. The molecule has 0 fully saturated rings. The number of nitrogens with zero attached hydrogens (tertiary/aromatic N) is 4. The van der Waals surface area contributed by atoms with Crippen LogP contribution in [0.2, 0.25) is 0 Å². The topological polar surface area (TPSA) is 112 Å². The summed E-state index contributed by atoms with van der Waals surface area (Å²) in [6.45, 7) is 1.97. The first-order valence-electron chi connectivity index (χ1n) is 11.3. The largest absolute Gasteiger partial charge is 0.337 e. The molecule has 0 atom stereocenters. The van der Waals surface area contributed by atoms with Crippen LogP contribution in [0.5, 0.6) is 0 Å². The SMILES string of the molecule is CCCC(=O)Nc1cncc(-c2cnc3n[nH]c(-c4nc5c(-c6ccsc6)cccc5[nH]4)c3c2)c1. The van der Waals surface area contributed by atoms with Crippen LogP contribution in [-0.2, 0) is 4.79 Å². The third-order valence-corrected chi connectivity index (χ3v) is 6.51. The van der Waals surface area contributed by atoms with Gasteiger partial charge in [0.15, 0.2) is 11.5 Å². The number of thiophene rings is 1. The number of imidazole rings is 1. The van der Waals surface area contributed by atoms with Gasteiger partial charge in [-0.05, 0) is 47.0 Å². The number of H-pyrrole nitrogens is 2. The number of rotatable bonds is 6. The van der Waals surface area contributed by atoms with Crippen molar-refractivity contribution >= 4 is 45.0 Å². The van der Waals surface area contributed by atoms with Crippen molar-refractivity contribution < 1.29 is 4.79 Å². The van der Waals surface area contributed by atoms with E-state index in [1.807, 2.05) is 31.2 Å². The first-order chi connectivity index (χ1) is 17.2. The summed E-state index contributed by atoms with van der Waals surface area (Å²) < 4.78 is 0. The third kappa shape index (κ3) is 3.95. The van der Waals surface area contributed by atoms with Gasteiger partial charge < -0.3 is 10.3 Å². The molecule has 6 rings (SSSR count). The van der Waals surface area contributed by atoms with E-state index in [0.717, 1.165) is 50.8 Å². The van der Waals surface area contributed by atoms with Crippen LogP contribution >= 0.6 is 11.3 Å². The van der Waals surface area contributed by atoms with Crippen LogP contribution in [-0.4, -0.2) is 36.0 Å². The molecule has 0 radical (unpaired) electrons. The van der Waals surface area contributed by atoms with Gasteiger partial charge in [0.2, 0.25) is 5.91 Å². The van der Waals surface area contributed by atoms with Crippen LogP contribution in [0.1, 0.15) is 19.8 Å². The van der Waals surface area contributed by atoms with Crippen molar-refractivity contribution in [3.63, 3.8) is 0 Å². The van der Waals surface area contributed by atoms with Crippen LogP contribution in [0.25, 0.3) is 55.8 Å². The van der Waals surface area contributed by atoms with Gasteiger partial charge in [-0.3, -0.25) is 14.9 Å². The van der Waals surface area contributed by atoms with Crippen LogP contribution in [0.3, 0.4) is 0 Å². The summed E-state index contributed by atoms with van der Waals surface area (Å²) in [7, 11) is 0. The lowest BCUT2D eigenvalue weighted by molar-refractivity contribution is -0.116. The van der Waals surface area contributed by atoms with Gasteiger partial charge in [0.25, 0.3) is 0 Å². The Labute approximate surface area is 204 Å². The maximum absolute atomic E-state index is 12.0. The summed E-state index contributed by atoms with van der Waals surface area (Å²) in [5, 5.41) is 15.4. The smallest absolute Gasteiger partial charge is 0.224 e. The highest BCUT2D eigenvalue weighted by atomic mass is 32.1. The maximum atomic E-state index is 12.0. The third-order valence-electron chi connectivity index (χ3n) is 5.82. The average Bonchev–Trinajstić information content (AvgIpc) is 3.63. The van der Waals surface area contributed by atoms with Crippen molar-refractivity contribution in [2.24, 2.45) is 0 Å². The normalized spacial score (nSPS) is 11.3. The molecule has 0 aliphatic rings. The van der Waals surface area contributed by atoms with Crippen molar-refractivity contribution in [3.8, 4) is 33.8 Å². The van der Waals surface area contributed by atoms with Gasteiger partial charge in [-0.2, -0.15) is 16.4 Å². The Balaban J connectivity index is 1.40. The lowest BCUT2D eigenvalue weighted by Gasteiger charge is -2.07. The predicted molar refractivity (Wildman–Crippen MR) is 139 cm³/mol. The van der Waals surface area contributed by atoms with Crippen molar-refractivity contribution in [2.45, 2.75) is 19.8 Å². The predicted octanol–water partition coefficient (Wildman–Crippen LogP) is 6.03. The Morgan fingerprint density at radius 3 is 2.86 bits per heavy atom. The Hall–Kier alpha value is -4.37. The van der Waals surface area contributed by atoms with Gasteiger partial charge in [0.05, 0.1) is 28.3 Å². The minimum Gasteiger partial charge on any atom is -0.337 e. The molecule has 6 aromatic rings. The number of carbonyl (C=O) groups excluding carboxylic acids is 1. The molecule has 0 spiro atoms. The second-order valence-corrected chi connectivity index (χ2v) is 9.03. The molecule has 0 saturated carbocycles. The standard InChI is InChI=1S/C26H21N7OS/c1-2-4-22(34)29-18-9-16(11-27-13-18)17-10-20-24(32-33-25(20)28-12-17)26-30-21-6-3-5-19(23(21)31-26)15-7-8-35-14-15/h3,5-14H,2,4H2,1H3,(H,29,34)(H,30,31)(H,28,32,33). The molecular weight excluding hydrogens is 458 g/mol. The molecule has 0 aliphatic heterocycles. The maximum Gasteiger partial charge on any atom is 0.224 e. The number of nitrogens with one attached hydrogen (secondary N) is 3. The number of aromatic nitrogens is 6. The quantitative estimate of drug-likeness (QED) is 0.270. The molecule has 0 saturated heterocycles. The molecule has 35 heavy (non-hydrogen) atoms. The molecule has 5 aromatic heterocycles. The number of benzene rings is 1. The summed E-state index contributed by atoms with van der Waals surface area (Å²) in [5.74, 6) is 0.673. The fraction of sp³-hybridized carbons (Fsp3) is 0.115. The fourth-order valence-electron chi connectivity index (χ4n) is 4.16. The van der Waals surface area contributed by atoms with E-state index < -0.39 is 0 Å². The van der Waals surface area contributed by atoms with Crippen LogP contribution < -0.4 is 5.32 Å². The summed E-state index contributed by atoms with van der Waals surface area (Å²) in [6.07, 6.45) is 6.42. The zero-order valence-electron chi connectivity index (χ0n) is 18.9. The molecule has 0 aliphatic carbocycles. The van der Waals surface area contributed by atoms with Gasteiger partial charge >= 0.3 is 0 Å². The lowest BCUT2D eigenvalue weighted by Crippen LogP contribution is -2.10. The Morgan fingerprint density at radius 1 is 1.09 bits per heavy atom. The number of hydrogen-bond donors (Lipinski definition) is 3. The average molecular weight is 480 g/mol. The van der Waals surface area contributed by atoms with Crippen molar-refractivity contribution in [3.05, 3.63) is 65.7 Å². The highest BCUT2D eigenvalue weighted by Gasteiger charge is 2.16. The highest BCUT2D eigenvalue weighted by Crippen LogP contribution is 2.33. The number of carbonyl (C=O) groups is 1. The Kier molecular flexibility index (Phi) is 5.31. The molecule has 3 N–H and O–H groups in total. The van der Waals surface area contributed by atoms with Crippen molar-refractivity contribution in [2.75, 3.05) is 5.32 Å². The van der Waals surface area contributed by atoms with Gasteiger partial charge in [0, 0.05) is 35.5 Å². The van der Waals surface area contributed by atoms with Gasteiger partial charge in [-0.15, -0.1) is 0 Å². The molecule has 172 valence electrons. The second-order valence-electron chi connectivity index (χ2n) is 8.25. The highest BCUT2D eigenvalue weighted by molar-refractivity contribution is 7.08. The first kappa shape index (κ1) is 21.2. The summed E-state index contributed by atoms with van der Waals surface area (Å²) in [4.78, 5) is 29.2. The molecule has 0 bridgehead atoms. The molecule has 1 aromatic carbocycles. The Morgan fingerprint density at radius 2 is 2.00 bits per heavy atom. The van der Waals surface area contributed by atoms with E-state index in [-0.39, 0.29) is 5.91 Å². The van der Waals surface area contributed by atoms with Gasteiger partial charge in [-0.1, -0.05) is 19.1 Å². The monoisotopic (exact) mass is 479 g/mol.